The van der Waals surface area contributed by atoms with Gasteiger partial charge in [0.1, 0.15) is 17.2 Å². The Bertz CT molecular complexity index is 1210. The van der Waals surface area contributed by atoms with E-state index in [-0.39, 0.29) is 28.6 Å². The topological polar surface area (TPSA) is 108 Å². The molecule has 0 unspecified atom stereocenters. The lowest BCUT2D eigenvalue weighted by molar-refractivity contribution is -0.132. The van der Waals surface area contributed by atoms with E-state index < -0.39 is 17.9 Å². The van der Waals surface area contributed by atoms with E-state index in [1.165, 1.54) is 45.2 Å². The second-order valence-corrected chi connectivity index (χ2v) is 7.10. The van der Waals surface area contributed by atoms with E-state index in [1.54, 1.807) is 48.6 Å². The number of hydrogen-bond donors (Lipinski definition) is 1. The number of methoxy groups -OCH3 is 1. The summed E-state index contributed by atoms with van der Waals surface area (Å²) in [5, 5.41) is 9.65. The molecule has 0 fully saturated rings. The van der Waals surface area contributed by atoms with Crippen molar-refractivity contribution in [2.24, 2.45) is 0 Å². The Balaban J connectivity index is 1.72. The average Bonchev–Trinajstić information content (AvgIpc) is 2.78. The van der Waals surface area contributed by atoms with E-state index in [9.17, 15) is 19.5 Å². The van der Waals surface area contributed by atoms with Gasteiger partial charge in [0.05, 0.1) is 12.7 Å². The smallest absolute Gasteiger partial charge is 0.343 e. The van der Waals surface area contributed by atoms with Gasteiger partial charge in [-0.3, -0.25) is 9.59 Å². The Morgan fingerprint density at radius 2 is 1.29 bits per heavy atom. The highest BCUT2D eigenvalue weighted by atomic mass is 16.5. The van der Waals surface area contributed by atoms with Crippen molar-refractivity contribution in [3.05, 3.63) is 77.4 Å². The SMILES string of the molecule is COc1cc(C(=O)Oc2ccc(/C=C/c3cc(OC(C)=O)cc(OC(C)=O)c3)cc2)ccc1O. The van der Waals surface area contributed by atoms with Crippen LogP contribution in [0.3, 0.4) is 0 Å². The van der Waals surface area contributed by atoms with Gasteiger partial charge in [-0.25, -0.2) is 4.79 Å². The van der Waals surface area contributed by atoms with Gasteiger partial charge >= 0.3 is 17.9 Å². The minimum atomic E-state index is -0.595. The summed E-state index contributed by atoms with van der Waals surface area (Å²) in [5.74, 6) is -0.655. The Morgan fingerprint density at radius 3 is 1.85 bits per heavy atom. The normalized spacial score (nSPS) is 10.6. The van der Waals surface area contributed by atoms with Crippen LogP contribution in [0.25, 0.3) is 12.2 Å². The molecule has 0 aromatic heterocycles. The van der Waals surface area contributed by atoms with Crippen LogP contribution in [0.1, 0.15) is 35.3 Å². The molecule has 0 saturated heterocycles. The molecule has 0 aliphatic heterocycles. The summed E-state index contributed by atoms with van der Waals surface area (Å²) < 4.78 is 20.6. The molecular formula is C26H22O8. The molecule has 8 nitrogen and oxygen atoms in total. The van der Waals surface area contributed by atoms with Crippen LogP contribution in [-0.2, 0) is 9.59 Å². The zero-order valence-corrected chi connectivity index (χ0v) is 18.7. The molecule has 1 N–H and O–H groups in total. The number of esters is 3. The van der Waals surface area contributed by atoms with Crippen LogP contribution in [-0.4, -0.2) is 30.1 Å². The van der Waals surface area contributed by atoms with Crippen LogP contribution < -0.4 is 18.9 Å². The molecule has 3 aromatic rings. The maximum Gasteiger partial charge on any atom is 0.343 e. The predicted molar refractivity (Wildman–Crippen MR) is 124 cm³/mol. The van der Waals surface area contributed by atoms with Crippen molar-refractivity contribution in [3.8, 4) is 28.7 Å². The third kappa shape index (κ3) is 6.70. The number of carbonyl (C=O) groups excluding carboxylic acids is 3. The van der Waals surface area contributed by atoms with Crippen LogP contribution in [0.4, 0.5) is 0 Å². The number of rotatable bonds is 7. The van der Waals surface area contributed by atoms with Gasteiger partial charge in [-0.2, -0.15) is 0 Å². The zero-order valence-electron chi connectivity index (χ0n) is 18.7. The molecule has 0 aliphatic rings. The molecule has 0 spiro atoms. The second kappa shape index (κ2) is 10.8. The van der Waals surface area contributed by atoms with E-state index >= 15 is 0 Å². The molecule has 174 valence electrons. The maximum absolute atomic E-state index is 12.4. The fourth-order valence-corrected chi connectivity index (χ4v) is 2.95. The Morgan fingerprint density at radius 1 is 0.706 bits per heavy atom. The van der Waals surface area contributed by atoms with Crippen LogP contribution >= 0.6 is 0 Å². The number of benzene rings is 3. The van der Waals surface area contributed by atoms with Gasteiger partial charge in [-0.1, -0.05) is 24.3 Å². The van der Waals surface area contributed by atoms with Gasteiger partial charge in [0, 0.05) is 19.9 Å². The van der Waals surface area contributed by atoms with Crippen LogP contribution in [0.15, 0.2) is 60.7 Å². The highest BCUT2D eigenvalue weighted by Crippen LogP contribution is 2.27. The average molecular weight is 462 g/mol. The zero-order chi connectivity index (χ0) is 24.7. The molecule has 34 heavy (non-hydrogen) atoms. The van der Waals surface area contributed by atoms with Crippen molar-refractivity contribution in [3.63, 3.8) is 0 Å². The second-order valence-electron chi connectivity index (χ2n) is 7.10. The van der Waals surface area contributed by atoms with Gasteiger partial charge in [0.15, 0.2) is 11.5 Å². The lowest BCUT2D eigenvalue weighted by Crippen LogP contribution is -2.08. The molecule has 0 aliphatic carbocycles. The van der Waals surface area contributed by atoms with Crippen LogP contribution in [0, 0.1) is 0 Å². The van der Waals surface area contributed by atoms with Crippen molar-refractivity contribution in [1.82, 2.24) is 0 Å². The number of phenolic OH excluding ortho intramolecular Hbond substituents is 1. The third-order valence-corrected chi connectivity index (χ3v) is 4.40. The summed E-state index contributed by atoms with van der Waals surface area (Å²) in [7, 11) is 1.39. The minimum Gasteiger partial charge on any atom is -0.504 e. The molecule has 0 saturated carbocycles. The first kappa shape index (κ1) is 24.1. The quantitative estimate of drug-likeness (QED) is 0.307. The fourth-order valence-electron chi connectivity index (χ4n) is 2.95. The molecule has 3 aromatic carbocycles. The standard InChI is InChI=1S/C26H22O8/c1-16(27)32-22-12-19(13-23(15-22)33-17(2)28)5-4-18-6-9-21(10-7-18)34-26(30)20-8-11-24(29)25(14-20)31-3/h4-15,29H,1-3H3/b5-4+. The summed E-state index contributed by atoms with van der Waals surface area (Å²) in [6, 6.07) is 15.7. The Kier molecular flexibility index (Phi) is 7.66. The van der Waals surface area contributed by atoms with Crippen molar-refractivity contribution in [2.45, 2.75) is 13.8 Å². The first-order valence-electron chi connectivity index (χ1n) is 10.1. The number of carbonyl (C=O) groups is 3. The molecule has 0 heterocycles. The molecule has 0 radical (unpaired) electrons. The minimum absolute atomic E-state index is 0.0754. The number of aromatic hydroxyl groups is 1. The molecule has 0 amide bonds. The molecular weight excluding hydrogens is 440 g/mol. The van der Waals surface area contributed by atoms with E-state index in [2.05, 4.69) is 0 Å². The largest absolute Gasteiger partial charge is 0.504 e. The van der Waals surface area contributed by atoms with Crippen molar-refractivity contribution >= 4 is 30.1 Å². The first-order valence-corrected chi connectivity index (χ1v) is 10.1. The number of ether oxygens (including phenoxy) is 4. The molecule has 0 atom stereocenters. The van der Waals surface area contributed by atoms with E-state index in [0.717, 1.165) is 5.56 Å². The molecule has 8 heteroatoms. The Hall–Kier alpha value is -4.59. The van der Waals surface area contributed by atoms with E-state index in [1.807, 2.05) is 0 Å². The van der Waals surface area contributed by atoms with Crippen molar-refractivity contribution in [1.29, 1.82) is 0 Å². The van der Waals surface area contributed by atoms with Crippen LogP contribution in [0.5, 0.6) is 28.7 Å². The van der Waals surface area contributed by atoms with E-state index in [0.29, 0.717) is 11.3 Å². The number of hydrogen-bond acceptors (Lipinski definition) is 8. The maximum atomic E-state index is 12.4. The van der Waals surface area contributed by atoms with Crippen LogP contribution in [0.2, 0.25) is 0 Å². The van der Waals surface area contributed by atoms with E-state index in [4.69, 9.17) is 18.9 Å². The Labute approximate surface area is 196 Å². The van der Waals surface area contributed by atoms with Crippen molar-refractivity contribution < 1.29 is 38.4 Å². The summed E-state index contributed by atoms with van der Waals surface area (Å²) in [4.78, 5) is 34.9. The van der Waals surface area contributed by atoms with Gasteiger partial charge in [-0.15, -0.1) is 0 Å². The first-order chi connectivity index (χ1) is 16.2. The third-order valence-electron chi connectivity index (χ3n) is 4.40. The van der Waals surface area contributed by atoms with Gasteiger partial charge in [-0.05, 0) is 53.6 Å². The van der Waals surface area contributed by atoms with Crippen molar-refractivity contribution in [2.75, 3.05) is 7.11 Å². The lowest BCUT2D eigenvalue weighted by Gasteiger charge is -2.08. The fraction of sp³-hybridized carbons (Fsp3) is 0.115. The monoisotopic (exact) mass is 462 g/mol. The molecule has 3 rings (SSSR count). The van der Waals surface area contributed by atoms with Gasteiger partial charge in [0.25, 0.3) is 0 Å². The molecule has 0 bridgehead atoms. The summed E-state index contributed by atoms with van der Waals surface area (Å²) >= 11 is 0. The predicted octanol–water partition coefficient (Wildman–Crippen LogP) is 4.64. The summed E-state index contributed by atoms with van der Waals surface area (Å²) in [6.45, 7) is 2.56. The lowest BCUT2D eigenvalue weighted by atomic mass is 10.1. The van der Waals surface area contributed by atoms with Gasteiger partial charge in [0.2, 0.25) is 0 Å². The van der Waals surface area contributed by atoms with Gasteiger partial charge < -0.3 is 24.1 Å². The number of phenols is 1. The summed E-state index contributed by atoms with van der Waals surface area (Å²) in [5.41, 5.74) is 1.68. The highest BCUT2D eigenvalue weighted by molar-refractivity contribution is 5.92. The summed E-state index contributed by atoms with van der Waals surface area (Å²) in [6.07, 6.45) is 3.55. The highest BCUT2D eigenvalue weighted by Gasteiger charge is 2.12.